The van der Waals surface area contributed by atoms with E-state index in [0.29, 0.717) is 0 Å². The summed E-state index contributed by atoms with van der Waals surface area (Å²) in [4.78, 5) is 0. The van der Waals surface area contributed by atoms with Gasteiger partial charge in [0.15, 0.2) is 0 Å². The molecule has 0 atom stereocenters. The molecular formula is C4H9I. The molecule has 0 radical (unpaired) electrons. The number of hydrogen-bond donors (Lipinski definition) is 0. The quantitative estimate of drug-likeness (QED) is 0.408. The summed E-state index contributed by atoms with van der Waals surface area (Å²) in [6.07, 6.45) is 0. The van der Waals surface area contributed by atoms with Crippen molar-refractivity contribution in [2.24, 2.45) is 0 Å². The Morgan fingerprint density at radius 3 is 2.00 bits per heavy atom. The molecule has 0 saturated heterocycles. The van der Waals surface area contributed by atoms with Crippen LogP contribution in [-0.2, 0) is 0 Å². The van der Waals surface area contributed by atoms with Gasteiger partial charge in [-0.25, -0.2) is 0 Å². The van der Waals surface area contributed by atoms with Crippen LogP contribution in [0.1, 0.15) is 32.9 Å². The van der Waals surface area contributed by atoms with Crippen LogP contribution in [-0.4, -0.2) is 3.42 Å². The highest BCUT2D eigenvalue weighted by Crippen LogP contribution is 2.12. The molecule has 5 heavy (non-hydrogen) atoms. The molecule has 0 unspecified atom stereocenters. The van der Waals surface area contributed by atoms with Crippen LogP contribution in [0, 0.1) is 0 Å². The van der Waals surface area contributed by atoms with Crippen LogP contribution in [0.5, 0.6) is 0 Å². The van der Waals surface area contributed by atoms with E-state index in [4.69, 9.17) is 12.3 Å². The van der Waals surface area contributed by atoms with Gasteiger partial charge in [-0.2, -0.15) is 0 Å². The summed E-state index contributed by atoms with van der Waals surface area (Å²) in [5, 5.41) is 0. The summed E-state index contributed by atoms with van der Waals surface area (Å²) in [6, 6.07) is 0. The van der Waals surface area contributed by atoms with E-state index in [0.717, 1.165) is 22.6 Å². The monoisotopic (exact) mass is 193 g/mol. The molecular weight excluding hydrogens is 175 g/mol. The first kappa shape index (κ1) is 0.680. The molecule has 0 aromatic rings. The average Bonchev–Trinajstić information content (AvgIpc) is 1.77. The Hall–Kier alpha value is 0.730. The van der Waals surface area contributed by atoms with E-state index in [-0.39, 0.29) is 0 Å². The van der Waals surface area contributed by atoms with Gasteiger partial charge in [0, 0.05) is 15.8 Å². The molecule has 0 bridgehead atoms. The van der Waals surface area contributed by atoms with Crippen LogP contribution in [0.15, 0.2) is 0 Å². The summed E-state index contributed by atoms with van der Waals surface area (Å²) in [6.45, 7) is -9.20. The van der Waals surface area contributed by atoms with E-state index >= 15 is 0 Å². The van der Waals surface area contributed by atoms with Crippen molar-refractivity contribution in [3.05, 3.63) is 0 Å². The SMILES string of the molecule is [2H]C([2H])([2H])C(I)(C([2H])([2H])[2H])C([2H])([2H])[2H]. The first-order valence-electron chi connectivity index (χ1n) is 5.44. The summed E-state index contributed by atoms with van der Waals surface area (Å²) in [5.74, 6) is 0. The highest BCUT2D eigenvalue weighted by Gasteiger charge is 1.98. The number of halogens is 1. The molecule has 0 aliphatic rings. The first-order chi connectivity index (χ1) is 5.75. The van der Waals surface area contributed by atoms with E-state index in [1.54, 1.807) is 0 Å². The van der Waals surface area contributed by atoms with Crippen molar-refractivity contribution < 1.29 is 12.3 Å². The Kier molecular flexibility index (Phi) is 0.198. The van der Waals surface area contributed by atoms with Gasteiger partial charge >= 0.3 is 0 Å². The molecule has 0 N–H and O–H groups in total. The fraction of sp³-hybridized carbons (Fsp3) is 1.00. The zero-order valence-electron chi connectivity index (χ0n) is 11.4. The third-order valence-corrected chi connectivity index (χ3v) is 0. The van der Waals surface area contributed by atoms with E-state index < -0.39 is 24.0 Å². The van der Waals surface area contributed by atoms with Gasteiger partial charge in [0.1, 0.15) is 0 Å². The maximum absolute atomic E-state index is 7.00. The Morgan fingerprint density at radius 1 is 1.60 bits per heavy atom. The minimum atomic E-state index is -3.07. The van der Waals surface area contributed by atoms with Crippen molar-refractivity contribution in [1.29, 1.82) is 0 Å². The van der Waals surface area contributed by atoms with Crippen molar-refractivity contribution in [3.63, 3.8) is 0 Å². The van der Waals surface area contributed by atoms with E-state index in [9.17, 15) is 0 Å². The third-order valence-electron chi connectivity index (χ3n) is 0. The van der Waals surface area contributed by atoms with Crippen LogP contribution < -0.4 is 0 Å². The van der Waals surface area contributed by atoms with Gasteiger partial charge in [-0.3, -0.25) is 0 Å². The second kappa shape index (κ2) is 1.45. The van der Waals surface area contributed by atoms with Gasteiger partial charge in [-0.1, -0.05) is 43.1 Å². The van der Waals surface area contributed by atoms with E-state index in [1.165, 1.54) is 0 Å². The van der Waals surface area contributed by atoms with Gasteiger partial charge in [0.25, 0.3) is 0 Å². The summed E-state index contributed by atoms with van der Waals surface area (Å²) < 4.78 is 60.3. The largest absolute Gasteiger partial charge is 0.0798 e. The van der Waals surface area contributed by atoms with Gasteiger partial charge in [-0.15, -0.1) is 0 Å². The topological polar surface area (TPSA) is 0 Å². The molecule has 0 saturated carbocycles. The molecule has 0 aliphatic carbocycles. The maximum Gasteiger partial charge on any atom is 0.0244 e. The highest BCUT2D eigenvalue weighted by atomic mass is 127. The first-order valence-corrected chi connectivity index (χ1v) is 2.02. The third kappa shape index (κ3) is 66.2. The minimum Gasteiger partial charge on any atom is -0.0798 e. The number of hydrogen-bond acceptors (Lipinski definition) is 0. The summed E-state index contributed by atoms with van der Waals surface area (Å²) in [7, 11) is 0. The predicted octanol–water partition coefficient (Wildman–Crippen LogP) is 2.22. The Bertz CT molecular complexity index is 170. The fourth-order valence-electron chi connectivity index (χ4n) is 0. The van der Waals surface area contributed by atoms with Crippen LogP contribution in [0.25, 0.3) is 0 Å². The maximum atomic E-state index is 7.00. The van der Waals surface area contributed by atoms with Crippen molar-refractivity contribution in [2.45, 2.75) is 24.0 Å². The lowest BCUT2D eigenvalue weighted by Crippen LogP contribution is -1.97. The summed E-state index contributed by atoms with van der Waals surface area (Å²) in [5.41, 5.74) is 0. The Labute approximate surface area is 59.7 Å². The van der Waals surface area contributed by atoms with Crippen LogP contribution in [0.4, 0.5) is 0 Å². The normalized spacial score (nSPS) is 46.2. The molecule has 0 spiro atoms. The molecule has 0 aliphatic heterocycles. The van der Waals surface area contributed by atoms with E-state index in [1.807, 2.05) is 0 Å². The molecule has 0 aromatic heterocycles. The molecule has 0 rings (SSSR count). The fourth-order valence-corrected chi connectivity index (χ4v) is 0. The lowest BCUT2D eigenvalue weighted by atomic mass is 10.3. The summed E-state index contributed by atoms with van der Waals surface area (Å²) >= 11 is 1.01. The molecule has 0 fully saturated rings. The molecule has 0 nitrogen and oxygen atoms in total. The second-order valence-corrected chi connectivity index (χ2v) is 2.28. The smallest absolute Gasteiger partial charge is 0.0244 e. The van der Waals surface area contributed by atoms with Gasteiger partial charge in [-0.05, 0) is 0 Å². The molecule has 1 heteroatoms. The number of rotatable bonds is 0. The standard InChI is InChI=1S/C4H9I/c1-4(2,3)5/h1-3H3/i1D3,2D3,3D3. The average molecular weight is 193 g/mol. The zero-order chi connectivity index (χ0) is 12.0. The highest BCUT2D eigenvalue weighted by molar-refractivity contribution is 14.1. The van der Waals surface area contributed by atoms with Crippen LogP contribution in [0.2, 0.25) is 0 Å². The van der Waals surface area contributed by atoms with Crippen molar-refractivity contribution in [2.75, 3.05) is 0 Å². The molecule has 32 valence electrons. The molecule has 0 aromatic carbocycles. The van der Waals surface area contributed by atoms with Gasteiger partial charge in [0.2, 0.25) is 0 Å². The Morgan fingerprint density at radius 2 is 2.00 bits per heavy atom. The van der Waals surface area contributed by atoms with E-state index in [2.05, 4.69) is 0 Å². The number of alkyl halides is 1. The van der Waals surface area contributed by atoms with Crippen molar-refractivity contribution >= 4 is 22.6 Å². The van der Waals surface area contributed by atoms with Crippen LogP contribution in [0.3, 0.4) is 0 Å². The van der Waals surface area contributed by atoms with Gasteiger partial charge in [0.05, 0.1) is 0 Å². The molecule has 0 heterocycles. The minimum absolute atomic E-state index is 1.01. The van der Waals surface area contributed by atoms with Crippen molar-refractivity contribution in [1.82, 2.24) is 0 Å². The Balaban J connectivity index is 5.54. The van der Waals surface area contributed by atoms with Crippen LogP contribution >= 0.6 is 22.6 Å². The molecule has 0 amide bonds. The zero-order valence-corrected chi connectivity index (χ0v) is 4.54. The lowest BCUT2D eigenvalue weighted by molar-refractivity contribution is 0.847. The van der Waals surface area contributed by atoms with Gasteiger partial charge < -0.3 is 0 Å². The lowest BCUT2D eigenvalue weighted by Gasteiger charge is -2.02. The second-order valence-electron chi connectivity index (χ2n) is 0.658. The van der Waals surface area contributed by atoms with Crippen molar-refractivity contribution in [3.8, 4) is 0 Å². The predicted molar refractivity (Wildman–Crippen MR) is 33.8 cm³/mol.